The smallest absolute Gasteiger partial charge is 0.311 e. The Kier molecular flexibility index (Phi) is 7.76. The van der Waals surface area contributed by atoms with Gasteiger partial charge in [-0.2, -0.15) is 0 Å². The van der Waals surface area contributed by atoms with Gasteiger partial charge in [0.05, 0.1) is 26.2 Å². The maximum atomic E-state index is 11.7. The molecule has 0 saturated carbocycles. The number of hydrogen-bond acceptors (Lipinski definition) is 5. The van der Waals surface area contributed by atoms with Crippen LogP contribution in [-0.4, -0.2) is 46.3 Å². The predicted molar refractivity (Wildman–Crippen MR) is 58.0 cm³/mol. The number of rotatable bonds is 8. The number of methoxy groups -OCH3 is 3. The van der Waals surface area contributed by atoms with Gasteiger partial charge in [-0.3, -0.25) is 9.59 Å². The minimum absolute atomic E-state index is 0.0192. The molecule has 2 atom stereocenters. The molecule has 16 heavy (non-hydrogen) atoms. The van der Waals surface area contributed by atoms with Crippen molar-refractivity contribution in [2.45, 2.75) is 13.3 Å². The Morgan fingerprint density at radius 1 is 1.06 bits per heavy atom. The summed E-state index contributed by atoms with van der Waals surface area (Å²) in [7, 11) is 4.32. The van der Waals surface area contributed by atoms with E-state index in [1.54, 1.807) is 6.92 Å². The molecular formula is C11H20O5. The number of ketones is 1. The molecule has 1 unspecified atom stereocenters. The number of hydrogen-bond donors (Lipinski definition) is 0. The van der Waals surface area contributed by atoms with Gasteiger partial charge in [-0.15, -0.1) is 0 Å². The average Bonchev–Trinajstić information content (AvgIpc) is 2.27. The molecule has 0 amide bonds. The lowest BCUT2D eigenvalue weighted by Crippen LogP contribution is -2.27. The molecule has 0 fully saturated rings. The van der Waals surface area contributed by atoms with Crippen LogP contribution in [0.2, 0.25) is 0 Å². The van der Waals surface area contributed by atoms with Gasteiger partial charge in [-0.05, 0) is 0 Å². The monoisotopic (exact) mass is 232 g/mol. The Bertz CT molecular complexity index is 226. The zero-order valence-electron chi connectivity index (χ0n) is 10.3. The van der Waals surface area contributed by atoms with E-state index in [4.69, 9.17) is 9.47 Å². The molecular weight excluding hydrogens is 212 g/mol. The van der Waals surface area contributed by atoms with Gasteiger partial charge < -0.3 is 14.2 Å². The van der Waals surface area contributed by atoms with Crippen LogP contribution in [0.4, 0.5) is 0 Å². The van der Waals surface area contributed by atoms with Gasteiger partial charge >= 0.3 is 5.97 Å². The Labute approximate surface area is 96.1 Å². The molecule has 0 bridgehead atoms. The summed E-state index contributed by atoms with van der Waals surface area (Å²) in [5.74, 6) is -1.18. The summed E-state index contributed by atoms with van der Waals surface area (Å²) >= 11 is 0. The normalized spacial score (nSPS) is 14.2. The largest absolute Gasteiger partial charge is 0.469 e. The first-order valence-electron chi connectivity index (χ1n) is 5.15. The fraction of sp³-hybridized carbons (Fsp3) is 0.818. The van der Waals surface area contributed by atoms with Gasteiger partial charge in [0.1, 0.15) is 5.78 Å². The van der Waals surface area contributed by atoms with Crippen molar-refractivity contribution in [3.63, 3.8) is 0 Å². The summed E-state index contributed by atoms with van der Waals surface area (Å²) < 4.78 is 14.4. The van der Waals surface area contributed by atoms with Crippen molar-refractivity contribution < 1.29 is 23.8 Å². The first-order valence-corrected chi connectivity index (χ1v) is 5.15. The predicted octanol–water partition coefficient (Wildman–Crippen LogP) is 0.664. The lowest BCUT2D eigenvalue weighted by Gasteiger charge is -2.15. The molecule has 94 valence electrons. The van der Waals surface area contributed by atoms with Gasteiger partial charge in [0, 0.05) is 26.6 Å². The zero-order chi connectivity index (χ0) is 12.6. The minimum Gasteiger partial charge on any atom is -0.469 e. The summed E-state index contributed by atoms with van der Waals surface area (Å²) in [5, 5.41) is 0. The third kappa shape index (κ3) is 5.23. The lowest BCUT2D eigenvalue weighted by atomic mass is 9.96. The molecule has 0 aromatic rings. The van der Waals surface area contributed by atoms with E-state index in [1.165, 1.54) is 21.3 Å². The SMILES string of the molecule is COCC(CC(=O)[C@@H](C)COC)C(=O)OC. The van der Waals surface area contributed by atoms with Gasteiger partial charge in [-0.1, -0.05) is 6.92 Å². The van der Waals surface area contributed by atoms with Crippen molar-refractivity contribution in [3.05, 3.63) is 0 Å². The van der Waals surface area contributed by atoms with Crippen molar-refractivity contribution in [1.82, 2.24) is 0 Å². The molecule has 0 aliphatic heterocycles. The van der Waals surface area contributed by atoms with E-state index >= 15 is 0 Å². The van der Waals surface area contributed by atoms with Crippen LogP contribution in [0.15, 0.2) is 0 Å². The highest BCUT2D eigenvalue weighted by Crippen LogP contribution is 2.11. The van der Waals surface area contributed by atoms with Crippen LogP contribution in [0.1, 0.15) is 13.3 Å². The van der Waals surface area contributed by atoms with Crippen LogP contribution < -0.4 is 0 Å². The molecule has 0 rings (SSSR count). The van der Waals surface area contributed by atoms with Crippen molar-refractivity contribution in [2.75, 3.05) is 34.5 Å². The molecule has 0 spiro atoms. The van der Waals surface area contributed by atoms with E-state index in [0.29, 0.717) is 6.61 Å². The van der Waals surface area contributed by atoms with E-state index in [2.05, 4.69) is 4.74 Å². The molecule has 0 N–H and O–H groups in total. The maximum Gasteiger partial charge on any atom is 0.311 e. The van der Waals surface area contributed by atoms with E-state index < -0.39 is 11.9 Å². The first-order chi connectivity index (χ1) is 7.56. The highest BCUT2D eigenvalue weighted by molar-refractivity contribution is 5.86. The Hall–Kier alpha value is -0.940. The molecule has 0 saturated heterocycles. The van der Waals surface area contributed by atoms with E-state index in [-0.39, 0.29) is 24.7 Å². The first kappa shape index (κ1) is 15.1. The second-order valence-corrected chi connectivity index (χ2v) is 3.70. The zero-order valence-corrected chi connectivity index (χ0v) is 10.3. The van der Waals surface area contributed by atoms with Crippen LogP contribution in [0.25, 0.3) is 0 Å². The highest BCUT2D eigenvalue weighted by atomic mass is 16.5. The van der Waals surface area contributed by atoms with Gasteiger partial charge in [0.2, 0.25) is 0 Å². The number of Topliss-reactive ketones (excluding diaryl/α,β-unsaturated/α-hetero) is 1. The third-order valence-corrected chi connectivity index (χ3v) is 2.32. The Morgan fingerprint density at radius 2 is 1.62 bits per heavy atom. The number of carbonyl (C=O) groups excluding carboxylic acids is 2. The van der Waals surface area contributed by atoms with Gasteiger partial charge in [-0.25, -0.2) is 0 Å². The summed E-state index contributed by atoms with van der Waals surface area (Å²) in [5.41, 5.74) is 0. The van der Waals surface area contributed by atoms with Crippen LogP contribution in [0, 0.1) is 11.8 Å². The molecule has 0 aliphatic carbocycles. The second kappa shape index (κ2) is 8.24. The summed E-state index contributed by atoms with van der Waals surface area (Å²) in [6.45, 7) is 2.32. The summed E-state index contributed by atoms with van der Waals surface area (Å²) in [6, 6.07) is 0. The molecule has 0 radical (unpaired) electrons. The van der Waals surface area contributed by atoms with Crippen molar-refractivity contribution >= 4 is 11.8 Å². The quantitative estimate of drug-likeness (QED) is 0.575. The average molecular weight is 232 g/mol. The lowest BCUT2D eigenvalue weighted by molar-refractivity contribution is -0.149. The van der Waals surface area contributed by atoms with E-state index in [1.807, 2.05) is 0 Å². The fourth-order valence-corrected chi connectivity index (χ4v) is 1.37. The molecule has 0 aliphatic rings. The van der Waals surface area contributed by atoms with Crippen LogP contribution in [0.5, 0.6) is 0 Å². The molecule has 5 nitrogen and oxygen atoms in total. The maximum absolute atomic E-state index is 11.7. The number of esters is 1. The Balaban J connectivity index is 4.27. The molecule has 0 aromatic heterocycles. The number of carbonyl (C=O) groups is 2. The number of ether oxygens (including phenoxy) is 3. The van der Waals surface area contributed by atoms with Gasteiger partial charge in [0.15, 0.2) is 0 Å². The fourth-order valence-electron chi connectivity index (χ4n) is 1.37. The van der Waals surface area contributed by atoms with Crippen LogP contribution >= 0.6 is 0 Å². The van der Waals surface area contributed by atoms with Gasteiger partial charge in [0.25, 0.3) is 0 Å². The van der Waals surface area contributed by atoms with E-state index in [9.17, 15) is 9.59 Å². The summed E-state index contributed by atoms with van der Waals surface area (Å²) in [6.07, 6.45) is 0.130. The minimum atomic E-state index is -0.526. The molecule has 0 heterocycles. The molecule has 5 heteroatoms. The van der Waals surface area contributed by atoms with Crippen molar-refractivity contribution in [3.8, 4) is 0 Å². The second-order valence-electron chi connectivity index (χ2n) is 3.70. The highest BCUT2D eigenvalue weighted by Gasteiger charge is 2.25. The Morgan fingerprint density at radius 3 is 2.06 bits per heavy atom. The topological polar surface area (TPSA) is 61.8 Å². The van der Waals surface area contributed by atoms with Crippen LogP contribution in [-0.2, 0) is 23.8 Å². The van der Waals surface area contributed by atoms with Crippen molar-refractivity contribution in [1.29, 1.82) is 0 Å². The third-order valence-electron chi connectivity index (χ3n) is 2.32. The standard InChI is InChI=1S/C11H20O5/c1-8(6-14-2)10(12)5-9(7-15-3)11(13)16-4/h8-9H,5-7H2,1-4H3/t8-,9?/m0/s1. The summed E-state index contributed by atoms with van der Waals surface area (Å²) in [4.78, 5) is 23.0. The van der Waals surface area contributed by atoms with E-state index in [0.717, 1.165) is 0 Å². The van der Waals surface area contributed by atoms with Crippen molar-refractivity contribution in [2.24, 2.45) is 11.8 Å². The van der Waals surface area contributed by atoms with Crippen LogP contribution in [0.3, 0.4) is 0 Å². The molecule has 0 aromatic carbocycles.